The van der Waals surface area contributed by atoms with E-state index in [1.54, 1.807) is 7.05 Å². The molecule has 0 fully saturated rings. The average molecular weight is 350 g/mol. The Balaban J connectivity index is 2.32. The Hall–Kier alpha value is -0.390. The van der Waals surface area contributed by atoms with E-state index in [2.05, 4.69) is 48.6 Å². The number of carbonyl (C=O) groups excluding carboxylic acids is 1. The summed E-state index contributed by atoms with van der Waals surface area (Å²) in [6.07, 6.45) is 0.508. The molecule has 1 aromatic rings. The highest BCUT2D eigenvalue weighted by Gasteiger charge is 2.00. The van der Waals surface area contributed by atoms with Crippen molar-refractivity contribution in [3.63, 3.8) is 0 Å². The zero-order chi connectivity index (χ0) is 12.0. The summed E-state index contributed by atoms with van der Waals surface area (Å²) >= 11 is 6.87. The third kappa shape index (κ3) is 4.63. The molecule has 88 valence electrons. The predicted octanol–water partition coefficient (Wildman–Crippen LogP) is 2.44. The van der Waals surface area contributed by atoms with Crippen LogP contribution in [0.5, 0.6) is 0 Å². The molecule has 0 atom stereocenters. The van der Waals surface area contributed by atoms with E-state index >= 15 is 0 Å². The highest BCUT2D eigenvalue weighted by Crippen LogP contribution is 2.23. The van der Waals surface area contributed by atoms with Crippen LogP contribution in [0.2, 0.25) is 0 Å². The molecule has 0 saturated carbocycles. The fourth-order valence-corrected chi connectivity index (χ4v) is 1.88. The summed E-state index contributed by atoms with van der Waals surface area (Å²) < 4.78 is 2.08. The minimum atomic E-state index is 0.0597. The van der Waals surface area contributed by atoms with Crippen molar-refractivity contribution in [2.75, 3.05) is 13.6 Å². The van der Waals surface area contributed by atoms with E-state index in [9.17, 15) is 4.79 Å². The fraction of sp³-hybridized carbons (Fsp3) is 0.364. The topological polar surface area (TPSA) is 41.1 Å². The zero-order valence-electron chi connectivity index (χ0n) is 9.02. The van der Waals surface area contributed by atoms with Crippen molar-refractivity contribution in [1.82, 2.24) is 10.6 Å². The van der Waals surface area contributed by atoms with Crippen LogP contribution in [-0.2, 0) is 11.3 Å². The van der Waals surface area contributed by atoms with Gasteiger partial charge in [-0.3, -0.25) is 4.79 Å². The normalized spacial score (nSPS) is 10.2. The van der Waals surface area contributed by atoms with Gasteiger partial charge in [0.2, 0.25) is 5.91 Å². The van der Waals surface area contributed by atoms with Gasteiger partial charge in [0.15, 0.2) is 0 Å². The lowest BCUT2D eigenvalue weighted by Gasteiger charge is -2.05. The van der Waals surface area contributed by atoms with Crippen LogP contribution in [0.4, 0.5) is 0 Å². The standard InChI is InChI=1S/C11H14Br2N2O/c1-14-11(16)4-5-15-7-8-2-3-9(12)10(13)6-8/h2-3,6,15H,4-5,7H2,1H3,(H,14,16). The highest BCUT2D eigenvalue weighted by atomic mass is 79.9. The Bertz CT molecular complexity index is 369. The van der Waals surface area contributed by atoms with E-state index in [4.69, 9.17) is 0 Å². The van der Waals surface area contributed by atoms with Crippen LogP contribution in [-0.4, -0.2) is 19.5 Å². The van der Waals surface area contributed by atoms with E-state index < -0.39 is 0 Å². The van der Waals surface area contributed by atoms with Gasteiger partial charge in [-0.2, -0.15) is 0 Å². The summed E-state index contributed by atoms with van der Waals surface area (Å²) in [4.78, 5) is 11.0. The fourth-order valence-electron chi connectivity index (χ4n) is 1.21. The van der Waals surface area contributed by atoms with Gasteiger partial charge in [-0.05, 0) is 49.6 Å². The molecule has 5 heteroatoms. The predicted molar refractivity (Wildman–Crippen MR) is 72.2 cm³/mol. The molecule has 3 nitrogen and oxygen atoms in total. The van der Waals surface area contributed by atoms with Gasteiger partial charge in [0.25, 0.3) is 0 Å². The number of hydrogen-bond donors (Lipinski definition) is 2. The second kappa shape index (κ2) is 7.04. The maximum absolute atomic E-state index is 11.0. The number of rotatable bonds is 5. The summed E-state index contributed by atoms with van der Waals surface area (Å²) in [5, 5.41) is 5.80. The SMILES string of the molecule is CNC(=O)CCNCc1ccc(Br)c(Br)c1. The largest absolute Gasteiger partial charge is 0.359 e. The molecule has 0 aliphatic rings. The van der Waals surface area contributed by atoms with E-state index in [1.807, 2.05) is 12.1 Å². The van der Waals surface area contributed by atoms with Crippen molar-refractivity contribution in [3.05, 3.63) is 32.7 Å². The monoisotopic (exact) mass is 348 g/mol. The molecule has 0 aromatic heterocycles. The van der Waals surface area contributed by atoms with Crippen LogP contribution >= 0.6 is 31.9 Å². The Morgan fingerprint density at radius 1 is 1.31 bits per heavy atom. The first-order chi connectivity index (χ1) is 7.63. The molecular weight excluding hydrogens is 336 g/mol. The van der Waals surface area contributed by atoms with E-state index in [-0.39, 0.29) is 5.91 Å². The molecule has 2 N–H and O–H groups in total. The van der Waals surface area contributed by atoms with Crippen molar-refractivity contribution < 1.29 is 4.79 Å². The summed E-state index contributed by atoms with van der Waals surface area (Å²) in [5.41, 5.74) is 1.19. The first kappa shape index (κ1) is 13.7. The van der Waals surface area contributed by atoms with E-state index in [0.717, 1.165) is 15.5 Å². The van der Waals surface area contributed by atoms with Crippen molar-refractivity contribution in [1.29, 1.82) is 0 Å². The third-order valence-electron chi connectivity index (χ3n) is 2.12. The molecular formula is C11H14Br2N2O. The molecule has 0 heterocycles. The molecule has 0 aliphatic carbocycles. The summed E-state index contributed by atoms with van der Waals surface area (Å²) in [6.45, 7) is 1.45. The van der Waals surface area contributed by atoms with Gasteiger partial charge in [-0.15, -0.1) is 0 Å². The van der Waals surface area contributed by atoms with Gasteiger partial charge in [0.1, 0.15) is 0 Å². The van der Waals surface area contributed by atoms with Crippen LogP contribution in [0.25, 0.3) is 0 Å². The lowest BCUT2D eigenvalue weighted by Crippen LogP contribution is -2.24. The molecule has 16 heavy (non-hydrogen) atoms. The molecule has 1 amide bonds. The van der Waals surface area contributed by atoms with Gasteiger partial charge in [0.05, 0.1) is 0 Å². The number of nitrogens with one attached hydrogen (secondary N) is 2. The maximum Gasteiger partial charge on any atom is 0.221 e. The summed E-state index contributed by atoms with van der Waals surface area (Å²) in [6, 6.07) is 6.10. The lowest BCUT2D eigenvalue weighted by atomic mass is 10.2. The van der Waals surface area contributed by atoms with Crippen LogP contribution in [0.3, 0.4) is 0 Å². The van der Waals surface area contributed by atoms with Crippen LogP contribution in [0, 0.1) is 0 Å². The van der Waals surface area contributed by atoms with Crippen LogP contribution < -0.4 is 10.6 Å². The van der Waals surface area contributed by atoms with Crippen molar-refractivity contribution in [3.8, 4) is 0 Å². The number of hydrogen-bond acceptors (Lipinski definition) is 2. The molecule has 0 bridgehead atoms. The first-order valence-electron chi connectivity index (χ1n) is 4.98. The molecule has 1 aromatic carbocycles. The number of amides is 1. The Morgan fingerprint density at radius 2 is 2.06 bits per heavy atom. The second-order valence-corrected chi connectivity index (χ2v) is 5.06. The number of benzene rings is 1. The number of halogens is 2. The van der Waals surface area contributed by atoms with E-state index in [1.165, 1.54) is 5.56 Å². The van der Waals surface area contributed by atoms with Crippen molar-refractivity contribution >= 4 is 37.8 Å². The summed E-state index contributed by atoms with van der Waals surface area (Å²) in [5.74, 6) is 0.0597. The maximum atomic E-state index is 11.0. The quantitative estimate of drug-likeness (QED) is 0.801. The molecule has 0 radical (unpaired) electrons. The van der Waals surface area contributed by atoms with E-state index in [0.29, 0.717) is 13.0 Å². The van der Waals surface area contributed by atoms with Crippen molar-refractivity contribution in [2.45, 2.75) is 13.0 Å². The summed E-state index contributed by atoms with van der Waals surface area (Å²) in [7, 11) is 1.65. The average Bonchev–Trinajstić information content (AvgIpc) is 2.28. The minimum Gasteiger partial charge on any atom is -0.359 e. The molecule has 0 aliphatic heterocycles. The Kier molecular flexibility index (Phi) is 6.01. The Labute approximate surface area is 112 Å². The molecule has 0 unspecified atom stereocenters. The van der Waals surface area contributed by atoms with Gasteiger partial charge < -0.3 is 10.6 Å². The molecule has 0 saturated heterocycles. The van der Waals surface area contributed by atoms with Gasteiger partial charge in [-0.1, -0.05) is 6.07 Å². The van der Waals surface area contributed by atoms with Gasteiger partial charge >= 0.3 is 0 Å². The smallest absolute Gasteiger partial charge is 0.221 e. The first-order valence-corrected chi connectivity index (χ1v) is 6.57. The van der Waals surface area contributed by atoms with Crippen LogP contribution in [0.15, 0.2) is 27.1 Å². The highest BCUT2D eigenvalue weighted by molar-refractivity contribution is 9.13. The number of carbonyl (C=O) groups is 1. The molecule has 1 rings (SSSR count). The Morgan fingerprint density at radius 3 is 2.69 bits per heavy atom. The zero-order valence-corrected chi connectivity index (χ0v) is 12.2. The van der Waals surface area contributed by atoms with Gasteiger partial charge in [-0.25, -0.2) is 0 Å². The second-order valence-electron chi connectivity index (χ2n) is 3.35. The van der Waals surface area contributed by atoms with Gasteiger partial charge in [0, 0.05) is 35.5 Å². The minimum absolute atomic E-state index is 0.0597. The third-order valence-corrected chi connectivity index (χ3v) is 4.00. The molecule has 0 spiro atoms. The van der Waals surface area contributed by atoms with Crippen LogP contribution in [0.1, 0.15) is 12.0 Å². The lowest BCUT2D eigenvalue weighted by molar-refractivity contribution is -0.120. The van der Waals surface area contributed by atoms with Crippen molar-refractivity contribution in [2.24, 2.45) is 0 Å².